The van der Waals surface area contributed by atoms with Gasteiger partial charge in [0.25, 0.3) is 5.91 Å². The maximum absolute atomic E-state index is 12.8. The predicted octanol–water partition coefficient (Wildman–Crippen LogP) is 3.41. The molecule has 0 unspecified atom stereocenters. The van der Waals surface area contributed by atoms with E-state index in [1.54, 1.807) is 4.90 Å². The normalized spacial score (nSPS) is 16.9. The van der Waals surface area contributed by atoms with E-state index in [-0.39, 0.29) is 11.7 Å². The molecule has 1 aliphatic rings. The molecule has 2 nitrogen and oxygen atoms in total. The Bertz CT molecular complexity index is 428. The fourth-order valence-electron chi connectivity index (χ4n) is 2.45. The van der Waals surface area contributed by atoms with Crippen LogP contribution in [0.4, 0.5) is 4.39 Å². The first-order chi connectivity index (χ1) is 9.06. The van der Waals surface area contributed by atoms with Gasteiger partial charge >= 0.3 is 0 Å². The summed E-state index contributed by atoms with van der Waals surface area (Å²) in [7, 11) is 0. The molecular formula is C14H16Cl2FNO. The topological polar surface area (TPSA) is 20.3 Å². The lowest BCUT2D eigenvalue weighted by atomic mass is 9.90. The van der Waals surface area contributed by atoms with E-state index in [0.29, 0.717) is 19.0 Å². The Balaban J connectivity index is 1.83. The van der Waals surface area contributed by atoms with E-state index in [0.717, 1.165) is 24.8 Å². The first-order valence-corrected chi connectivity index (χ1v) is 7.25. The van der Waals surface area contributed by atoms with Gasteiger partial charge in [0.2, 0.25) is 0 Å². The number of hydrogen-bond donors (Lipinski definition) is 0. The highest BCUT2D eigenvalue weighted by atomic mass is 35.5. The Morgan fingerprint density at radius 1 is 1.26 bits per heavy atom. The van der Waals surface area contributed by atoms with E-state index < -0.39 is 4.84 Å². The zero-order valence-corrected chi connectivity index (χ0v) is 12.0. The van der Waals surface area contributed by atoms with Crippen LogP contribution in [0, 0.1) is 11.7 Å². The second-order valence-electron chi connectivity index (χ2n) is 4.90. The third kappa shape index (κ3) is 4.08. The summed E-state index contributed by atoms with van der Waals surface area (Å²) in [6.45, 7) is 1.39. The van der Waals surface area contributed by atoms with Gasteiger partial charge in [-0.2, -0.15) is 0 Å². The second kappa shape index (κ2) is 6.58. The van der Waals surface area contributed by atoms with Crippen molar-refractivity contribution in [2.75, 3.05) is 13.1 Å². The number of nitrogens with zero attached hydrogens (tertiary/aromatic N) is 1. The van der Waals surface area contributed by atoms with Crippen molar-refractivity contribution in [2.45, 2.75) is 24.1 Å². The van der Waals surface area contributed by atoms with Gasteiger partial charge in [0, 0.05) is 13.1 Å². The van der Waals surface area contributed by atoms with Crippen LogP contribution in [0.3, 0.4) is 0 Å². The monoisotopic (exact) mass is 303 g/mol. The van der Waals surface area contributed by atoms with Crippen LogP contribution in [0.2, 0.25) is 0 Å². The van der Waals surface area contributed by atoms with Crippen molar-refractivity contribution in [1.29, 1.82) is 0 Å². The smallest absolute Gasteiger partial charge is 0.255 e. The van der Waals surface area contributed by atoms with Crippen LogP contribution >= 0.6 is 23.2 Å². The molecule has 0 bridgehead atoms. The molecule has 1 saturated heterocycles. The number of likely N-dealkylation sites (tertiary alicyclic amines) is 1. The molecule has 19 heavy (non-hydrogen) atoms. The van der Waals surface area contributed by atoms with Crippen molar-refractivity contribution >= 4 is 29.1 Å². The molecule has 0 aromatic heterocycles. The summed E-state index contributed by atoms with van der Waals surface area (Å²) >= 11 is 11.2. The minimum absolute atomic E-state index is 0.205. The summed E-state index contributed by atoms with van der Waals surface area (Å²) in [5.41, 5.74) is 1.14. The average Bonchev–Trinajstić information content (AvgIpc) is 2.41. The van der Waals surface area contributed by atoms with Crippen LogP contribution in [-0.2, 0) is 11.2 Å². The van der Waals surface area contributed by atoms with E-state index in [2.05, 4.69) is 0 Å². The van der Waals surface area contributed by atoms with Gasteiger partial charge in [-0.25, -0.2) is 4.39 Å². The lowest BCUT2D eigenvalue weighted by Crippen LogP contribution is -2.41. The van der Waals surface area contributed by atoms with E-state index in [4.69, 9.17) is 23.2 Å². The van der Waals surface area contributed by atoms with Crippen molar-refractivity contribution in [3.63, 3.8) is 0 Å². The molecule has 104 valence electrons. The lowest BCUT2D eigenvalue weighted by molar-refractivity contribution is -0.130. The Morgan fingerprint density at radius 3 is 2.37 bits per heavy atom. The fourth-order valence-corrected chi connectivity index (χ4v) is 2.73. The van der Waals surface area contributed by atoms with Crippen molar-refractivity contribution in [3.05, 3.63) is 35.6 Å². The molecule has 0 spiro atoms. The van der Waals surface area contributed by atoms with Crippen molar-refractivity contribution in [2.24, 2.45) is 5.92 Å². The average molecular weight is 304 g/mol. The summed E-state index contributed by atoms with van der Waals surface area (Å²) in [6, 6.07) is 6.61. The Hall–Kier alpha value is -0.800. The fraction of sp³-hybridized carbons (Fsp3) is 0.500. The quantitative estimate of drug-likeness (QED) is 0.784. The van der Waals surface area contributed by atoms with E-state index in [9.17, 15) is 9.18 Å². The molecular weight excluding hydrogens is 288 g/mol. The van der Waals surface area contributed by atoms with Crippen LogP contribution < -0.4 is 0 Å². The van der Waals surface area contributed by atoms with E-state index in [1.807, 2.05) is 12.1 Å². The van der Waals surface area contributed by atoms with Gasteiger partial charge in [0.05, 0.1) is 0 Å². The summed E-state index contributed by atoms with van der Waals surface area (Å²) in [5, 5.41) is 0. The van der Waals surface area contributed by atoms with Crippen LogP contribution in [0.25, 0.3) is 0 Å². The first kappa shape index (κ1) is 14.6. The van der Waals surface area contributed by atoms with Gasteiger partial charge < -0.3 is 4.90 Å². The molecule has 0 aliphatic carbocycles. The van der Waals surface area contributed by atoms with E-state index >= 15 is 0 Å². The zero-order valence-electron chi connectivity index (χ0n) is 10.5. The number of benzene rings is 1. The van der Waals surface area contributed by atoms with Crippen LogP contribution in [0.15, 0.2) is 24.3 Å². The molecule has 0 atom stereocenters. The maximum Gasteiger partial charge on any atom is 0.255 e. The minimum atomic E-state index is -0.964. The highest BCUT2D eigenvalue weighted by molar-refractivity contribution is 6.53. The number of carbonyl (C=O) groups excluding carboxylic acids is 1. The molecule has 2 rings (SSSR count). The van der Waals surface area contributed by atoms with E-state index in [1.165, 1.54) is 12.1 Å². The summed E-state index contributed by atoms with van der Waals surface area (Å²) < 4.78 is 12.8. The number of rotatable bonds is 3. The summed E-state index contributed by atoms with van der Waals surface area (Å²) in [5.74, 6) is 0.113. The maximum atomic E-state index is 12.8. The number of amides is 1. The molecule has 1 amide bonds. The number of hydrogen-bond acceptors (Lipinski definition) is 1. The standard InChI is InChI=1S/C14H16Cl2FNO/c15-13(16)14(19)18-7-5-11(6-8-18)9-10-1-3-12(17)4-2-10/h1-4,11,13H,5-9H2. The second-order valence-corrected chi connectivity index (χ2v) is 6.00. The minimum Gasteiger partial charge on any atom is -0.340 e. The molecule has 1 heterocycles. The van der Waals surface area contributed by atoms with Crippen LogP contribution in [-0.4, -0.2) is 28.7 Å². The van der Waals surface area contributed by atoms with Crippen molar-refractivity contribution in [3.8, 4) is 0 Å². The number of alkyl halides is 2. The molecule has 1 aliphatic heterocycles. The highest BCUT2D eigenvalue weighted by Gasteiger charge is 2.25. The van der Waals surface area contributed by atoms with Crippen molar-refractivity contribution in [1.82, 2.24) is 4.90 Å². The van der Waals surface area contributed by atoms with Crippen LogP contribution in [0.1, 0.15) is 18.4 Å². The Morgan fingerprint density at radius 2 is 1.84 bits per heavy atom. The number of piperidine rings is 1. The third-order valence-corrected chi connectivity index (χ3v) is 3.92. The molecule has 0 saturated carbocycles. The van der Waals surface area contributed by atoms with Gasteiger partial charge in [0.15, 0.2) is 4.84 Å². The molecule has 0 N–H and O–H groups in total. The van der Waals surface area contributed by atoms with Crippen molar-refractivity contribution < 1.29 is 9.18 Å². The van der Waals surface area contributed by atoms with Crippen LogP contribution in [0.5, 0.6) is 0 Å². The molecule has 5 heteroatoms. The zero-order chi connectivity index (χ0) is 13.8. The molecule has 1 aromatic carbocycles. The van der Waals surface area contributed by atoms with Gasteiger partial charge in [-0.15, -0.1) is 0 Å². The number of halogens is 3. The Labute approximate surface area is 122 Å². The number of carbonyl (C=O) groups is 1. The largest absolute Gasteiger partial charge is 0.340 e. The molecule has 0 radical (unpaired) electrons. The Kier molecular flexibility index (Phi) is 5.06. The first-order valence-electron chi connectivity index (χ1n) is 6.37. The summed E-state index contributed by atoms with van der Waals surface area (Å²) in [4.78, 5) is 12.4. The highest BCUT2D eigenvalue weighted by Crippen LogP contribution is 2.23. The summed E-state index contributed by atoms with van der Waals surface area (Å²) in [6.07, 6.45) is 2.79. The molecule has 1 aromatic rings. The molecule has 1 fully saturated rings. The van der Waals surface area contributed by atoms with Gasteiger partial charge in [-0.3, -0.25) is 4.79 Å². The van der Waals surface area contributed by atoms with Gasteiger partial charge in [-0.05, 0) is 42.9 Å². The van der Waals surface area contributed by atoms with Gasteiger partial charge in [-0.1, -0.05) is 35.3 Å². The predicted molar refractivity (Wildman–Crippen MR) is 74.9 cm³/mol. The third-order valence-electron chi connectivity index (χ3n) is 3.55. The lowest BCUT2D eigenvalue weighted by Gasteiger charge is -2.32. The van der Waals surface area contributed by atoms with Gasteiger partial charge in [0.1, 0.15) is 5.82 Å². The SMILES string of the molecule is O=C(C(Cl)Cl)N1CCC(Cc2ccc(F)cc2)CC1.